The normalized spacial score (nSPS) is 26.3. The van der Waals surface area contributed by atoms with Crippen LogP contribution in [0, 0.1) is 0 Å². The fraction of sp³-hybridized carbons (Fsp3) is 0.562. The Morgan fingerprint density at radius 2 is 2.15 bits per heavy atom. The molecule has 2 heterocycles. The van der Waals surface area contributed by atoms with Gasteiger partial charge in [-0.15, -0.1) is 0 Å². The Morgan fingerprint density at radius 3 is 2.95 bits per heavy atom. The molecule has 4 nitrogen and oxygen atoms in total. The first-order valence-electron chi connectivity index (χ1n) is 7.40. The number of piperidine rings is 1. The van der Waals surface area contributed by atoms with E-state index in [0.717, 1.165) is 44.6 Å². The highest BCUT2D eigenvalue weighted by molar-refractivity contribution is 6.08. The van der Waals surface area contributed by atoms with Gasteiger partial charge in [0.15, 0.2) is 0 Å². The summed E-state index contributed by atoms with van der Waals surface area (Å²) < 4.78 is 0. The molecule has 4 heteroatoms. The number of likely N-dealkylation sites (tertiary alicyclic amines) is 1. The van der Waals surface area contributed by atoms with Gasteiger partial charge in [0.05, 0.1) is 5.41 Å². The summed E-state index contributed by atoms with van der Waals surface area (Å²) in [4.78, 5) is 16.9. The van der Waals surface area contributed by atoms with Crippen LogP contribution >= 0.6 is 0 Å². The molecule has 0 aromatic heterocycles. The molecule has 108 valence electrons. The van der Waals surface area contributed by atoms with Gasteiger partial charge in [-0.2, -0.15) is 0 Å². The van der Waals surface area contributed by atoms with Crippen LogP contribution in [0.1, 0.15) is 24.8 Å². The van der Waals surface area contributed by atoms with Crippen molar-refractivity contribution in [3.63, 3.8) is 0 Å². The summed E-state index contributed by atoms with van der Waals surface area (Å²) in [5.41, 5.74) is 1.88. The van der Waals surface area contributed by atoms with Gasteiger partial charge in [-0.1, -0.05) is 18.2 Å². The Hall–Kier alpha value is -1.39. The zero-order valence-corrected chi connectivity index (χ0v) is 12.0. The van der Waals surface area contributed by atoms with Crippen LogP contribution in [0.4, 0.5) is 5.69 Å². The van der Waals surface area contributed by atoms with Crippen LogP contribution < -0.4 is 4.90 Å². The molecule has 1 unspecified atom stereocenters. The van der Waals surface area contributed by atoms with Crippen LogP contribution in [0.2, 0.25) is 0 Å². The molecule has 1 aromatic rings. The number of anilines is 1. The standard InChI is InChI=1S/C16H22N2O2/c1-17-14-7-3-2-6-13(14)16(15(17)20)8-4-9-18(12-16)10-5-11-19/h2-3,6-7,19H,4-5,8-12H2,1H3. The predicted molar refractivity (Wildman–Crippen MR) is 78.9 cm³/mol. The molecule has 1 fully saturated rings. The number of carbonyl (C=O) groups is 1. The monoisotopic (exact) mass is 274 g/mol. The number of fused-ring (bicyclic) bond motifs is 2. The molecule has 0 radical (unpaired) electrons. The van der Waals surface area contributed by atoms with Crippen LogP contribution in [-0.2, 0) is 10.2 Å². The third-order valence-electron chi connectivity index (χ3n) is 4.70. The highest BCUT2D eigenvalue weighted by Gasteiger charge is 2.51. The molecule has 3 rings (SSSR count). The lowest BCUT2D eigenvalue weighted by Gasteiger charge is -2.39. The van der Waals surface area contributed by atoms with Crippen molar-refractivity contribution in [3.8, 4) is 0 Å². The average Bonchev–Trinajstić information content (AvgIpc) is 2.69. The van der Waals surface area contributed by atoms with E-state index in [1.807, 2.05) is 30.1 Å². The van der Waals surface area contributed by atoms with E-state index in [2.05, 4.69) is 11.0 Å². The van der Waals surface area contributed by atoms with Gasteiger partial charge in [-0.3, -0.25) is 4.79 Å². The molecule has 0 aliphatic carbocycles. The summed E-state index contributed by atoms with van der Waals surface area (Å²) in [6, 6.07) is 8.16. The topological polar surface area (TPSA) is 43.8 Å². The zero-order valence-electron chi connectivity index (χ0n) is 12.0. The van der Waals surface area contributed by atoms with Crippen molar-refractivity contribution in [1.29, 1.82) is 0 Å². The molecule has 1 amide bonds. The summed E-state index contributed by atoms with van der Waals surface area (Å²) >= 11 is 0. The summed E-state index contributed by atoms with van der Waals surface area (Å²) in [6.07, 6.45) is 2.75. The Labute approximate surface area is 120 Å². The van der Waals surface area contributed by atoms with Crippen molar-refractivity contribution < 1.29 is 9.90 Å². The number of benzene rings is 1. The minimum Gasteiger partial charge on any atom is -0.396 e. The van der Waals surface area contributed by atoms with Crippen molar-refractivity contribution in [2.24, 2.45) is 0 Å². The van der Waals surface area contributed by atoms with E-state index in [-0.39, 0.29) is 17.9 Å². The van der Waals surface area contributed by atoms with Crippen LogP contribution in [0.3, 0.4) is 0 Å². The maximum atomic E-state index is 12.8. The highest BCUT2D eigenvalue weighted by atomic mass is 16.3. The van der Waals surface area contributed by atoms with Crippen LogP contribution in [0.25, 0.3) is 0 Å². The van der Waals surface area contributed by atoms with E-state index in [4.69, 9.17) is 5.11 Å². The van der Waals surface area contributed by atoms with Gasteiger partial charge in [0, 0.05) is 32.4 Å². The number of hydrogen-bond donors (Lipinski definition) is 1. The molecule has 1 N–H and O–H groups in total. The molecule has 1 aromatic carbocycles. The first-order chi connectivity index (χ1) is 9.69. The van der Waals surface area contributed by atoms with Crippen molar-refractivity contribution >= 4 is 11.6 Å². The fourth-order valence-corrected chi connectivity index (χ4v) is 3.74. The predicted octanol–water partition coefficient (Wildman–Crippen LogP) is 1.38. The minimum atomic E-state index is -0.362. The molecular formula is C16H22N2O2. The van der Waals surface area contributed by atoms with Crippen LogP contribution in [0.5, 0.6) is 0 Å². The van der Waals surface area contributed by atoms with Gasteiger partial charge >= 0.3 is 0 Å². The second-order valence-electron chi connectivity index (χ2n) is 5.92. The molecule has 1 saturated heterocycles. The van der Waals surface area contributed by atoms with E-state index < -0.39 is 0 Å². The quantitative estimate of drug-likeness (QED) is 0.905. The summed E-state index contributed by atoms with van der Waals surface area (Å²) in [5, 5.41) is 9.00. The number of aliphatic hydroxyl groups is 1. The van der Waals surface area contributed by atoms with Crippen molar-refractivity contribution in [2.45, 2.75) is 24.7 Å². The molecule has 1 spiro atoms. The van der Waals surface area contributed by atoms with E-state index in [9.17, 15) is 4.79 Å². The number of para-hydroxylation sites is 1. The number of amides is 1. The number of aliphatic hydroxyl groups excluding tert-OH is 1. The van der Waals surface area contributed by atoms with Gasteiger partial charge in [-0.05, 0) is 37.4 Å². The number of carbonyl (C=O) groups excluding carboxylic acids is 1. The van der Waals surface area contributed by atoms with E-state index in [0.29, 0.717) is 0 Å². The van der Waals surface area contributed by atoms with E-state index in [1.54, 1.807) is 0 Å². The number of nitrogens with zero attached hydrogens (tertiary/aromatic N) is 2. The minimum absolute atomic E-state index is 0.216. The lowest BCUT2D eigenvalue weighted by molar-refractivity contribution is -0.124. The third-order valence-corrected chi connectivity index (χ3v) is 4.70. The fourth-order valence-electron chi connectivity index (χ4n) is 3.74. The van der Waals surface area contributed by atoms with Gasteiger partial charge in [0.25, 0.3) is 0 Å². The van der Waals surface area contributed by atoms with Gasteiger partial charge < -0.3 is 14.9 Å². The molecule has 20 heavy (non-hydrogen) atoms. The second-order valence-corrected chi connectivity index (χ2v) is 5.92. The van der Waals surface area contributed by atoms with Crippen molar-refractivity contribution in [2.75, 3.05) is 38.2 Å². The largest absolute Gasteiger partial charge is 0.396 e. The molecule has 0 bridgehead atoms. The maximum Gasteiger partial charge on any atom is 0.238 e. The second kappa shape index (κ2) is 5.19. The van der Waals surface area contributed by atoms with Crippen LogP contribution in [-0.4, -0.2) is 49.2 Å². The van der Waals surface area contributed by atoms with E-state index >= 15 is 0 Å². The van der Waals surface area contributed by atoms with Gasteiger partial charge in [0.2, 0.25) is 5.91 Å². The third kappa shape index (κ3) is 1.95. The van der Waals surface area contributed by atoms with Crippen molar-refractivity contribution in [1.82, 2.24) is 4.90 Å². The SMILES string of the molecule is CN1C(=O)C2(CCCN(CCCO)C2)c2ccccc21. The summed E-state index contributed by atoms with van der Waals surface area (Å²) in [6.45, 7) is 2.90. The molecule has 2 aliphatic heterocycles. The number of likely N-dealkylation sites (N-methyl/N-ethyl adjacent to an activating group) is 1. The van der Waals surface area contributed by atoms with Gasteiger partial charge in [0.1, 0.15) is 0 Å². The molecule has 0 saturated carbocycles. The first kappa shape index (κ1) is 13.6. The molecule has 2 aliphatic rings. The lowest BCUT2D eigenvalue weighted by atomic mass is 9.75. The summed E-state index contributed by atoms with van der Waals surface area (Å²) in [7, 11) is 1.88. The smallest absolute Gasteiger partial charge is 0.238 e. The number of hydrogen-bond acceptors (Lipinski definition) is 3. The van der Waals surface area contributed by atoms with E-state index in [1.165, 1.54) is 5.56 Å². The summed E-state index contributed by atoms with van der Waals surface area (Å²) in [5.74, 6) is 0.229. The molecular weight excluding hydrogens is 252 g/mol. The Balaban J connectivity index is 1.93. The highest BCUT2D eigenvalue weighted by Crippen LogP contribution is 2.46. The zero-order chi connectivity index (χ0) is 14.2. The lowest BCUT2D eigenvalue weighted by Crippen LogP contribution is -2.51. The van der Waals surface area contributed by atoms with Crippen molar-refractivity contribution in [3.05, 3.63) is 29.8 Å². The Morgan fingerprint density at radius 1 is 1.35 bits per heavy atom. The molecule has 1 atom stereocenters. The Bertz CT molecular complexity index is 517. The van der Waals surface area contributed by atoms with Crippen LogP contribution in [0.15, 0.2) is 24.3 Å². The Kier molecular flexibility index (Phi) is 3.52. The number of rotatable bonds is 3. The maximum absolute atomic E-state index is 12.8. The first-order valence-corrected chi connectivity index (χ1v) is 7.40. The van der Waals surface area contributed by atoms with Gasteiger partial charge in [-0.25, -0.2) is 0 Å². The average molecular weight is 274 g/mol.